The molecule has 0 N–H and O–H groups in total. The van der Waals surface area contributed by atoms with Crippen molar-refractivity contribution in [3.8, 4) is 0 Å². The fourth-order valence-corrected chi connectivity index (χ4v) is 5.74. The Morgan fingerprint density at radius 2 is 1.74 bits per heavy atom. The topological polar surface area (TPSA) is 29.0 Å². The molecule has 1 aliphatic heterocycles. The highest BCUT2D eigenvalue weighted by Gasteiger charge is 2.55. The first kappa shape index (κ1) is 22.7. The smallest absolute Gasteiger partial charge is 0.365 e. The van der Waals surface area contributed by atoms with Crippen LogP contribution < -0.4 is 4.90 Å². The molecule has 2 aromatic carbocycles. The van der Waals surface area contributed by atoms with Gasteiger partial charge in [0.1, 0.15) is 12.1 Å². The lowest BCUT2D eigenvalue weighted by molar-refractivity contribution is -0.228. The third-order valence-corrected chi connectivity index (χ3v) is 7.53. The van der Waals surface area contributed by atoms with Gasteiger partial charge >= 0.3 is 6.18 Å². The molecule has 0 radical (unpaired) electrons. The molecule has 1 aliphatic carbocycles. The fraction of sp³-hybridized carbons (Fsp3) is 0.385. The van der Waals surface area contributed by atoms with Crippen molar-refractivity contribution in [2.24, 2.45) is 0 Å². The maximum absolute atomic E-state index is 14.7. The summed E-state index contributed by atoms with van der Waals surface area (Å²) in [6, 6.07) is 10.7. The van der Waals surface area contributed by atoms with Crippen molar-refractivity contribution in [3.63, 3.8) is 0 Å². The minimum absolute atomic E-state index is 0.0567. The minimum atomic E-state index is -5.00. The van der Waals surface area contributed by atoms with Crippen molar-refractivity contribution in [1.82, 2.24) is 9.97 Å². The van der Waals surface area contributed by atoms with Crippen LogP contribution in [0.3, 0.4) is 0 Å². The van der Waals surface area contributed by atoms with Gasteiger partial charge in [-0.25, -0.2) is 18.7 Å². The summed E-state index contributed by atoms with van der Waals surface area (Å²) in [5.41, 5.74) is -0.691. The summed E-state index contributed by atoms with van der Waals surface area (Å²) in [6.07, 6.45) is 2.58. The molecule has 0 amide bonds. The van der Waals surface area contributed by atoms with Crippen LogP contribution in [0, 0.1) is 5.82 Å². The van der Waals surface area contributed by atoms with Crippen molar-refractivity contribution in [1.29, 1.82) is 0 Å². The Bertz CT molecular complexity index is 1180. The van der Waals surface area contributed by atoms with Crippen LogP contribution in [0.25, 0.3) is 0 Å². The molecule has 2 aliphatic rings. The molecule has 1 fully saturated rings. The number of aryl methyl sites for hydroxylation is 1. The summed E-state index contributed by atoms with van der Waals surface area (Å²) in [6.45, 7) is 1.30. The molecule has 3 aromatic rings. The Morgan fingerprint density at radius 1 is 1.03 bits per heavy atom. The van der Waals surface area contributed by atoms with E-state index in [9.17, 15) is 22.0 Å². The maximum Gasteiger partial charge on any atom is 0.426 e. The SMILES string of the molecule is CC(F)(c1ccc2c(c1)CC[C@H]1N(c3cncnc3)CC[C@@]21Cc1ccc(F)cc1)C(F)(F)F. The molecule has 0 spiro atoms. The van der Waals surface area contributed by atoms with Gasteiger partial charge in [-0.1, -0.05) is 30.3 Å². The highest BCUT2D eigenvalue weighted by Crippen LogP contribution is 2.51. The van der Waals surface area contributed by atoms with E-state index >= 15 is 0 Å². The second kappa shape index (κ2) is 8.03. The van der Waals surface area contributed by atoms with Crippen LogP contribution in [0.15, 0.2) is 61.2 Å². The molecule has 3 nitrogen and oxygen atoms in total. The number of rotatable bonds is 4. The zero-order valence-corrected chi connectivity index (χ0v) is 18.6. The van der Waals surface area contributed by atoms with E-state index in [1.54, 1.807) is 30.6 Å². The van der Waals surface area contributed by atoms with E-state index < -0.39 is 17.3 Å². The molecule has 1 aromatic heterocycles. The highest BCUT2D eigenvalue weighted by atomic mass is 19.4. The second-order valence-electron chi connectivity index (χ2n) is 9.43. The number of hydrogen-bond donors (Lipinski definition) is 0. The number of halogens is 5. The van der Waals surface area contributed by atoms with Gasteiger partial charge in [-0.05, 0) is 67.0 Å². The molecule has 3 atom stereocenters. The minimum Gasteiger partial charge on any atom is -0.365 e. The van der Waals surface area contributed by atoms with E-state index in [-0.39, 0.29) is 17.4 Å². The van der Waals surface area contributed by atoms with Crippen molar-refractivity contribution < 1.29 is 22.0 Å². The molecule has 178 valence electrons. The van der Waals surface area contributed by atoms with E-state index in [0.29, 0.717) is 26.2 Å². The molecule has 0 saturated carbocycles. The van der Waals surface area contributed by atoms with Gasteiger partial charge in [0, 0.05) is 18.0 Å². The van der Waals surface area contributed by atoms with Gasteiger partial charge in [0.05, 0.1) is 18.1 Å². The highest BCUT2D eigenvalue weighted by molar-refractivity contribution is 5.53. The summed E-state index contributed by atoms with van der Waals surface area (Å²) < 4.78 is 68.4. The summed E-state index contributed by atoms with van der Waals surface area (Å²) in [5, 5.41) is 0. The largest absolute Gasteiger partial charge is 0.426 e. The molecule has 5 rings (SSSR count). The van der Waals surface area contributed by atoms with Gasteiger partial charge in [0.15, 0.2) is 0 Å². The summed E-state index contributed by atoms with van der Waals surface area (Å²) >= 11 is 0. The third-order valence-electron chi connectivity index (χ3n) is 7.53. The van der Waals surface area contributed by atoms with Gasteiger partial charge < -0.3 is 4.90 Å². The predicted molar refractivity (Wildman–Crippen MR) is 119 cm³/mol. The lowest BCUT2D eigenvalue weighted by Gasteiger charge is -2.44. The first-order chi connectivity index (χ1) is 16.1. The van der Waals surface area contributed by atoms with Gasteiger partial charge in [0.2, 0.25) is 5.67 Å². The van der Waals surface area contributed by atoms with Crippen LogP contribution in [0.4, 0.5) is 27.6 Å². The number of anilines is 1. The van der Waals surface area contributed by atoms with Gasteiger partial charge in [-0.2, -0.15) is 13.2 Å². The van der Waals surface area contributed by atoms with Gasteiger partial charge in [-0.15, -0.1) is 0 Å². The lowest BCUT2D eigenvalue weighted by Crippen LogP contribution is -2.48. The van der Waals surface area contributed by atoms with E-state index in [1.807, 2.05) is 0 Å². The number of benzene rings is 2. The quantitative estimate of drug-likeness (QED) is 0.431. The normalized spacial score (nSPS) is 23.8. The first-order valence-corrected chi connectivity index (χ1v) is 11.3. The van der Waals surface area contributed by atoms with Crippen molar-refractivity contribution in [2.75, 3.05) is 11.4 Å². The number of aromatic nitrogens is 2. The average Bonchev–Trinajstić information content (AvgIpc) is 3.19. The van der Waals surface area contributed by atoms with Crippen LogP contribution >= 0.6 is 0 Å². The number of hydrogen-bond acceptors (Lipinski definition) is 3. The summed E-state index contributed by atoms with van der Waals surface area (Å²) in [5.74, 6) is -0.324. The molecule has 2 heterocycles. The summed E-state index contributed by atoms with van der Waals surface area (Å²) in [7, 11) is 0. The number of fused-ring (bicyclic) bond motifs is 3. The van der Waals surface area contributed by atoms with Crippen molar-refractivity contribution in [2.45, 2.75) is 55.9 Å². The van der Waals surface area contributed by atoms with Gasteiger partial charge in [-0.3, -0.25) is 0 Å². The molecule has 34 heavy (non-hydrogen) atoms. The van der Waals surface area contributed by atoms with Crippen LogP contribution in [0.5, 0.6) is 0 Å². The average molecular weight is 473 g/mol. The Morgan fingerprint density at radius 3 is 2.41 bits per heavy atom. The van der Waals surface area contributed by atoms with E-state index in [0.717, 1.165) is 35.3 Å². The van der Waals surface area contributed by atoms with Crippen LogP contribution in [0.1, 0.15) is 42.0 Å². The zero-order valence-electron chi connectivity index (χ0n) is 18.6. The predicted octanol–water partition coefficient (Wildman–Crippen LogP) is 6.07. The Balaban J connectivity index is 1.60. The Labute approximate surface area is 194 Å². The van der Waals surface area contributed by atoms with Crippen molar-refractivity contribution >= 4 is 5.69 Å². The molecule has 1 unspecified atom stereocenters. The Kier molecular flexibility index (Phi) is 5.37. The number of alkyl halides is 4. The Hall–Kier alpha value is -3.03. The first-order valence-electron chi connectivity index (χ1n) is 11.3. The van der Waals surface area contributed by atoms with E-state index in [1.165, 1.54) is 30.6 Å². The van der Waals surface area contributed by atoms with E-state index in [4.69, 9.17) is 0 Å². The molecule has 0 bridgehead atoms. The van der Waals surface area contributed by atoms with Crippen LogP contribution in [0.2, 0.25) is 0 Å². The molecular weight excluding hydrogens is 449 g/mol. The number of nitrogens with zero attached hydrogens (tertiary/aromatic N) is 3. The van der Waals surface area contributed by atoms with Gasteiger partial charge in [0.25, 0.3) is 0 Å². The van der Waals surface area contributed by atoms with Crippen molar-refractivity contribution in [3.05, 3.63) is 89.3 Å². The van der Waals surface area contributed by atoms with E-state index in [2.05, 4.69) is 14.9 Å². The molecule has 1 saturated heterocycles. The zero-order chi connectivity index (χ0) is 24.1. The van der Waals surface area contributed by atoms with Crippen LogP contribution in [-0.4, -0.2) is 28.7 Å². The molecular formula is C26H24F5N3. The summed E-state index contributed by atoms with van der Waals surface area (Å²) in [4.78, 5) is 10.6. The monoisotopic (exact) mass is 473 g/mol. The lowest BCUT2D eigenvalue weighted by atomic mass is 9.63. The second-order valence-corrected chi connectivity index (χ2v) is 9.43. The standard InChI is InChI=1S/C26H24F5N3/c1-24(28,26(29,30)31)19-5-8-22-18(12-19)4-9-23-25(22,13-17-2-6-20(27)7-3-17)10-11-34(23)21-14-32-16-33-15-21/h2-3,5-8,12,14-16,23H,4,9-11,13H2,1H3/t23-,24?,25-/m1/s1. The molecule has 8 heteroatoms. The fourth-order valence-electron chi connectivity index (χ4n) is 5.74. The third kappa shape index (κ3) is 3.63. The maximum atomic E-state index is 14.7. The van der Waals surface area contributed by atoms with Crippen LogP contribution in [-0.2, 0) is 23.9 Å².